The van der Waals surface area contributed by atoms with Gasteiger partial charge in [-0.1, -0.05) is 0 Å². The van der Waals surface area contributed by atoms with Gasteiger partial charge < -0.3 is 5.73 Å². The van der Waals surface area contributed by atoms with Crippen molar-refractivity contribution >= 4 is 15.9 Å². The van der Waals surface area contributed by atoms with Gasteiger partial charge in [0.1, 0.15) is 11.6 Å². The Morgan fingerprint density at radius 2 is 1.92 bits per heavy atom. The summed E-state index contributed by atoms with van der Waals surface area (Å²) in [5.74, 6) is -0.815. The van der Waals surface area contributed by atoms with Crippen molar-refractivity contribution in [2.75, 3.05) is 0 Å². The molecule has 1 aliphatic carbocycles. The third kappa shape index (κ3) is 1.60. The molecule has 0 aromatic heterocycles. The summed E-state index contributed by atoms with van der Waals surface area (Å²) < 4.78 is 26.4. The predicted molar refractivity (Wildman–Crippen MR) is 49.4 cm³/mol. The van der Waals surface area contributed by atoms with Gasteiger partial charge in [-0.25, -0.2) is 8.78 Å². The first-order valence-electron chi connectivity index (χ1n) is 3.99. The normalized spacial score (nSPS) is 26.2. The van der Waals surface area contributed by atoms with E-state index < -0.39 is 5.82 Å². The standard InChI is InChI=1S/C9H8BrF2N/c10-6-3-7(11)4(1-8(6)12)5-2-9(5)13/h1,3,5,9H,2,13H2/t5-,9+/m1/s1. The van der Waals surface area contributed by atoms with Crippen LogP contribution in [0.4, 0.5) is 8.78 Å². The van der Waals surface area contributed by atoms with Crippen LogP contribution < -0.4 is 5.73 Å². The molecule has 0 amide bonds. The Bertz CT molecular complexity index is 354. The maximum absolute atomic E-state index is 13.2. The van der Waals surface area contributed by atoms with Crippen molar-refractivity contribution in [2.45, 2.75) is 18.4 Å². The van der Waals surface area contributed by atoms with Gasteiger partial charge in [-0.2, -0.15) is 0 Å². The van der Waals surface area contributed by atoms with Gasteiger partial charge in [0.2, 0.25) is 0 Å². The molecule has 1 fully saturated rings. The third-order valence-corrected chi connectivity index (χ3v) is 2.89. The average Bonchev–Trinajstić information content (AvgIpc) is 2.75. The molecule has 0 saturated heterocycles. The molecule has 0 unspecified atom stereocenters. The second-order valence-corrected chi connectivity index (χ2v) is 4.15. The van der Waals surface area contributed by atoms with E-state index in [0.29, 0.717) is 5.56 Å². The van der Waals surface area contributed by atoms with Gasteiger partial charge in [-0.15, -0.1) is 0 Å². The Kier molecular flexibility index (Phi) is 2.12. The fourth-order valence-electron chi connectivity index (χ4n) is 1.39. The second kappa shape index (κ2) is 3.03. The van der Waals surface area contributed by atoms with Gasteiger partial charge in [-0.3, -0.25) is 0 Å². The summed E-state index contributed by atoms with van der Waals surface area (Å²) in [6.07, 6.45) is 0.748. The van der Waals surface area contributed by atoms with E-state index in [9.17, 15) is 8.78 Å². The Balaban J connectivity index is 2.41. The minimum Gasteiger partial charge on any atom is -0.327 e. The molecular formula is C9H8BrF2N. The predicted octanol–water partition coefficient (Wildman–Crippen LogP) is 2.54. The van der Waals surface area contributed by atoms with Crippen LogP contribution in [-0.4, -0.2) is 6.04 Å². The monoisotopic (exact) mass is 247 g/mol. The summed E-state index contributed by atoms with van der Waals surface area (Å²) >= 11 is 2.92. The maximum Gasteiger partial charge on any atom is 0.137 e. The first kappa shape index (κ1) is 9.09. The van der Waals surface area contributed by atoms with Crippen LogP contribution in [-0.2, 0) is 0 Å². The SMILES string of the molecule is N[C@H]1C[C@@H]1c1cc(F)c(Br)cc1F. The molecule has 2 rings (SSSR count). The summed E-state index contributed by atoms with van der Waals surface area (Å²) in [4.78, 5) is 0. The molecule has 1 aromatic carbocycles. The highest BCUT2D eigenvalue weighted by molar-refractivity contribution is 9.10. The zero-order valence-electron chi connectivity index (χ0n) is 6.73. The van der Waals surface area contributed by atoms with Gasteiger partial charge in [0, 0.05) is 12.0 Å². The first-order valence-corrected chi connectivity index (χ1v) is 4.79. The van der Waals surface area contributed by atoms with Crippen LogP contribution in [0.2, 0.25) is 0 Å². The summed E-state index contributed by atoms with van der Waals surface area (Å²) in [6.45, 7) is 0. The van der Waals surface area contributed by atoms with Crippen molar-refractivity contribution in [3.05, 3.63) is 33.8 Å². The molecule has 0 heterocycles. The molecule has 1 aliphatic rings. The molecule has 13 heavy (non-hydrogen) atoms. The van der Waals surface area contributed by atoms with E-state index in [1.807, 2.05) is 0 Å². The van der Waals surface area contributed by atoms with Crippen LogP contribution in [0, 0.1) is 11.6 Å². The molecule has 0 radical (unpaired) electrons. The van der Waals surface area contributed by atoms with E-state index in [-0.39, 0.29) is 22.2 Å². The molecule has 2 N–H and O–H groups in total. The maximum atomic E-state index is 13.2. The average molecular weight is 248 g/mol. The van der Waals surface area contributed by atoms with Crippen molar-refractivity contribution < 1.29 is 8.78 Å². The van der Waals surface area contributed by atoms with Gasteiger partial charge in [0.05, 0.1) is 4.47 Å². The van der Waals surface area contributed by atoms with Crippen molar-refractivity contribution in [1.29, 1.82) is 0 Å². The summed E-state index contributed by atoms with van der Waals surface area (Å²) in [6, 6.07) is 2.36. The number of hydrogen-bond donors (Lipinski definition) is 1. The molecule has 2 atom stereocenters. The molecule has 4 heteroatoms. The number of nitrogens with two attached hydrogens (primary N) is 1. The molecule has 0 spiro atoms. The van der Waals surface area contributed by atoms with Crippen LogP contribution in [0.5, 0.6) is 0 Å². The lowest BCUT2D eigenvalue weighted by Gasteiger charge is -2.02. The van der Waals surface area contributed by atoms with Crippen molar-refractivity contribution in [3.63, 3.8) is 0 Å². The highest BCUT2D eigenvalue weighted by Crippen LogP contribution is 2.41. The number of benzene rings is 1. The fraction of sp³-hybridized carbons (Fsp3) is 0.333. The van der Waals surface area contributed by atoms with Crippen molar-refractivity contribution in [2.24, 2.45) is 5.73 Å². The Morgan fingerprint density at radius 3 is 2.46 bits per heavy atom. The molecule has 0 bridgehead atoms. The van der Waals surface area contributed by atoms with E-state index in [1.165, 1.54) is 6.07 Å². The zero-order chi connectivity index (χ0) is 9.59. The molecule has 1 aromatic rings. The van der Waals surface area contributed by atoms with Gasteiger partial charge >= 0.3 is 0 Å². The summed E-state index contributed by atoms with van der Waals surface area (Å²) in [5.41, 5.74) is 5.95. The Hall–Kier alpha value is -0.480. The highest BCUT2D eigenvalue weighted by atomic mass is 79.9. The Morgan fingerprint density at radius 1 is 1.31 bits per heavy atom. The van der Waals surface area contributed by atoms with E-state index in [4.69, 9.17) is 5.73 Å². The summed E-state index contributed by atoms with van der Waals surface area (Å²) in [7, 11) is 0. The fourth-order valence-corrected chi connectivity index (χ4v) is 1.71. The van der Waals surface area contributed by atoms with Crippen LogP contribution in [0.15, 0.2) is 16.6 Å². The quantitative estimate of drug-likeness (QED) is 0.759. The second-order valence-electron chi connectivity index (χ2n) is 3.29. The van der Waals surface area contributed by atoms with Crippen LogP contribution >= 0.6 is 15.9 Å². The van der Waals surface area contributed by atoms with E-state index in [1.54, 1.807) is 0 Å². The topological polar surface area (TPSA) is 26.0 Å². The van der Waals surface area contributed by atoms with Gasteiger partial charge in [0.15, 0.2) is 0 Å². The Labute approximate surface area is 83.1 Å². The molecule has 0 aliphatic heterocycles. The van der Waals surface area contributed by atoms with Crippen LogP contribution in [0.3, 0.4) is 0 Å². The zero-order valence-corrected chi connectivity index (χ0v) is 8.31. The van der Waals surface area contributed by atoms with Gasteiger partial charge in [0.25, 0.3) is 0 Å². The number of hydrogen-bond acceptors (Lipinski definition) is 1. The van der Waals surface area contributed by atoms with E-state index in [0.717, 1.165) is 12.5 Å². The summed E-state index contributed by atoms with van der Waals surface area (Å²) in [5, 5.41) is 0. The lowest BCUT2D eigenvalue weighted by Crippen LogP contribution is -2.02. The minimum atomic E-state index is -0.435. The lowest BCUT2D eigenvalue weighted by atomic mass is 10.1. The molecule has 1 saturated carbocycles. The first-order chi connectivity index (χ1) is 6.09. The molecule has 1 nitrogen and oxygen atoms in total. The molecular weight excluding hydrogens is 240 g/mol. The smallest absolute Gasteiger partial charge is 0.137 e. The third-order valence-electron chi connectivity index (χ3n) is 2.28. The van der Waals surface area contributed by atoms with E-state index in [2.05, 4.69) is 15.9 Å². The largest absolute Gasteiger partial charge is 0.327 e. The molecule has 70 valence electrons. The van der Waals surface area contributed by atoms with Crippen molar-refractivity contribution in [3.8, 4) is 0 Å². The van der Waals surface area contributed by atoms with Crippen LogP contribution in [0.1, 0.15) is 17.9 Å². The van der Waals surface area contributed by atoms with Crippen LogP contribution in [0.25, 0.3) is 0 Å². The number of halogens is 3. The number of rotatable bonds is 1. The van der Waals surface area contributed by atoms with Crippen molar-refractivity contribution in [1.82, 2.24) is 0 Å². The lowest BCUT2D eigenvalue weighted by molar-refractivity contribution is 0.580. The minimum absolute atomic E-state index is 0.00241. The van der Waals surface area contributed by atoms with Gasteiger partial charge in [-0.05, 0) is 40.0 Å². The highest BCUT2D eigenvalue weighted by Gasteiger charge is 2.37. The van der Waals surface area contributed by atoms with E-state index >= 15 is 0 Å².